The second kappa shape index (κ2) is 5.92. The van der Waals surface area contributed by atoms with Crippen LogP contribution in [0.5, 0.6) is 0 Å². The van der Waals surface area contributed by atoms with E-state index < -0.39 is 0 Å². The second-order valence-corrected chi connectivity index (χ2v) is 8.48. The maximum Gasteiger partial charge on any atom is 0.176 e. The summed E-state index contributed by atoms with van der Waals surface area (Å²) in [6.07, 6.45) is 0. The minimum absolute atomic E-state index is 0.122. The Morgan fingerprint density at radius 2 is 1.68 bits per heavy atom. The fourth-order valence-corrected chi connectivity index (χ4v) is 5.19. The molecule has 1 heterocycles. The molecular formula is C16H22OS2. The molecule has 3 atom stereocenters. The molecule has 0 saturated carbocycles. The Hall–Kier alpha value is -0.410. The highest BCUT2D eigenvalue weighted by atomic mass is 32.2. The van der Waals surface area contributed by atoms with Gasteiger partial charge >= 0.3 is 0 Å². The number of thioether (sulfide) groups is 2. The lowest BCUT2D eigenvalue weighted by atomic mass is 9.97. The predicted molar refractivity (Wildman–Crippen MR) is 87.7 cm³/mol. The number of ketones is 1. The van der Waals surface area contributed by atoms with Crippen molar-refractivity contribution in [3.05, 3.63) is 34.4 Å². The molecule has 0 bridgehead atoms. The first kappa shape index (κ1) is 15.0. The van der Waals surface area contributed by atoms with E-state index in [1.165, 1.54) is 11.1 Å². The van der Waals surface area contributed by atoms with Crippen LogP contribution in [0.4, 0.5) is 0 Å². The smallest absolute Gasteiger partial charge is 0.176 e. The second-order valence-electron chi connectivity index (χ2n) is 5.48. The maximum absolute atomic E-state index is 12.7. The zero-order valence-electron chi connectivity index (χ0n) is 12.3. The lowest BCUT2D eigenvalue weighted by molar-refractivity contribution is 0.0994. The molecule has 3 unspecified atom stereocenters. The van der Waals surface area contributed by atoms with Crippen molar-refractivity contribution in [3.63, 3.8) is 0 Å². The van der Waals surface area contributed by atoms with Crippen LogP contribution < -0.4 is 0 Å². The van der Waals surface area contributed by atoms with Gasteiger partial charge < -0.3 is 0 Å². The molecule has 2 rings (SSSR count). The minimum Gasteiger partial charge on any atom is -0.293 e. The third-order valence-electron chi connectivity index (χ3n) is 3.95. The molecule has 1 fully saturated rings. The maximum atomic E-state index is 12.7. The van der Waals surface area contributed by atoms with Gasteiger partial charge in [-0.2, -0.15) is 11.8 Å². The topological polar surface area (TPSA) is 17.1 Å². The van der Waals surface area contributed by atoms with E-state index in [-0.39, 0.29) is 5.25 Å². The van der Waals surface area contributed by atoms with Crippen LogP contribution in [0.2, 0.25) is 0 Å². The summed E-state index contributed by atoms with van der Waals surface area (Å²) in [5, 5.41) is 1.33. The van der Waals surface area contributed by atoms with Crippen LogP contribution in [0.3, 0.4) is 0 Å². The summed E-state index contributed by atoms with van der Waals surface area (Å²) in [7, 11) is 0. The van der Waals surface area contributed by atoms with E-state index in [1.807, 2.05) is 30.4 Å². The van der Waals surface area contributed by atoms with Gasteiger partial charge in [-0.3, -0.25) is 4.79 Å². The van der Waals surface area contributed by atoms with Crippen LogP contribution in [0.25, 0.3) is 0 Å². The lowest BCUT2D eigenvalue weighted by Gasteiger charge is -2.30. The summed E-state index contributed by atoms with van der Waals surface area (Å²) in [5.41, 5.74) is 4.51. The molecule has 0 spiro atoms. The summed E-state index contributed by atoms with van der Waals surface area (Å²) in [4.78, 5) is 12.7. The number of benzene rings is 1. The molecule has 1 nitrogen and oxygen atoms in total. The van der Waals surface area contributed by atoms with Crippen molar-refractivity contribution in [2.24, 2.45) is 0 Å². The van der Waals surface area contributed by atoms with E-state index in [1.54, 1.807) is 0 Å². The number of carbonyl (C=O) groups is 1. The third kappa shape index (κ3) is 3.19. The number of Topliss-reactive ketones (excluding diaryl/α,β-unsaturated/α-hetero) is 1. The lowest BCUT2D eigenvalue weighted by Crippen LogP contribution is -2.32. The average molecular weight is 294 g/mol. The number of aryl methyl sites for hydroxylation is 3. The van der Waals surface area contributed by atoms with Gasteiger partial charge in [-0.15, -0.1) is 11.8 Å². The van der Waals surface area contributed by atoms with Crippen LogP contribution in [0, 0.1) is 20.8 Å². The Labute approximate surface area is 124 Å². The SMILES string of the molecule is Cc1cc(C)c(C(=O)C2CSC(C)C(C)S2)cc1C. The van der Waals surface area contributed by atoms with E-state index in [0.717, 1.165) is 16.9 Å². The first-order valence-corrected chi connectivity index (χ1v) is 8.78. The molecule has 1 aromatic carbocycles. The average Bonchev–Trinajstić information content (AvgIpc) is 2.36. The van der Waals surface area contributed by atoms with Gasteiger partial charge in [-0.25, -0.2) is 0 Å². The molecule has 3 heteroatoms. The molecule has 0 aromatic heterocycles. The monoisotopic (exact) mass is 294 g/mol. The van der Waals surface area contributed by atoms with Crippen molar-refractivity contribution in [1.29, 1.82) is 0 Å². The summed E-state index contributed by atoms with van der Waals surface area (Å²) < 4.78 is 0. The van der Waals surface area contributed by atoms with Gasteiger partial charge in [0.15, 0.2) is 5.78 Å². The van der Waals surface area contributed by atoms with Crippen LogP contribution in [-0.4, -0.2) is 27.3 Å². The number of hydrogen-bond donors (Lipinski definition) is 0. The highest BCUT2D eigenvalue weighted by Crippen LogP contribution is 2.37. The van der Waals surface area contributed by atoms with Crippen LogP contribution in [-0.2, 0) is 0 Å². The largest absolute Gasteiger partial charge is 0.293 e. The van der Waals surface area contributed by atoms with Crippen LogP contribution in [0.1, 0.15) is 40.9 Å². The molecular weight excluding hydrogens is 272 g/mol. The van der Waals surface area contributed by atoms with E-state index >= 15 is 0 Å². The normalized spacial score (nSPS) is 27.3. The Morgan fingerprint density at radius 3 is 2.32 bits per heavy atom. The van der Waals surface area contributed by atoms with Gasteiger partial charge in [-0.05, 0) is 43.5 Å². The highest BCUT2D eigenvalue weighted by molar-refractivity contribution is 8.08. The number of hydrogen-bond acceptors (Lipinski definition) is 3. The van der Waals surface area contributed by atoms with Gasteiger partial charge in [0.05, 0.1) is 5.25 Å². The fraction of sp³-hybridized carbons (Fsp3) is 0.562. The van der Waals surface area contributed by atoms with Crippen LogP contribution >= 0.6 is 23.5 Å². The van der Waals surface area contributed by atoms with Crippen molar-refractivity contribution >= 4 is 29.3 Å². The van der Waals surface area contributed by atoms with Crippen molar-refractivity contribution in [1.82, 2.24) is 0 Å². The third-order valence-corrected chi connectivity index (χ3v) is 7.34. The molecule has 1 saturated heterocycles. The first-order chi connectivity index (χ1) is 8.90. The van der Waals surface area contributed by atoms with Gasteiger partial charge in [0, 0.05) is 21.8 Å². The minimum atomic E-state index is 0.122. The standard InChI is InChI=1S/C16H22OS2/c1-9-6-11(3)14(7-10(9)2)16(17)15-8-18-12(4)13(5)19-15/h6-7,12-13,15H,8H2,1-5H3. The van der Waals surface area contributed by atoms with E-state index in [2.05, 4.69) is 39.8 Å². The van der Waals surface area contributed by atoms with Crippen LogP contribution in [0.15, 0.2) is 12.1 Å². The van der Waals surface area contributed by atoms with Gasteiger partial charge in [0.2, 0.25) is 0 Å². The number of rotatable bonds is 2. The van der Waals surface area contributed by atoms with Crippen molar-refractivity contribution in [2.75, 3.05) is 5.75 Å². The van der Waals surface area contributed by atoms with Gasteiger partial charge in [0.25, 0.3) is 0 Å². The summed E-state index contributed by atoms with van der Waals surface area (Å²) >= 11 is 3.77. The molecule has 0 amide bonds. The molecule has 0 N–H and O–H groups in total. The van der Waals surface area contributed by atoms with E-state index in [4.69, 9.17) is 0 Å². The van der Waals surface area contributed by atoms with E-state index in [9.17, 15) is 4.79 Å². The number of carbonyl (C=O) groups excluding carboxylic acids is 1. The first-order valence-electron chi connectivity index (χ1n) is 6.79. The Bertz CT molecular complexity index is 496. The quantitative estimate of drug-likeness (QED) is 0.752. The molecule has 0 aliphatic carbocycles. The highest BCUT2D eigenvalue weighted by Gasteiger charge is 2.31. The molecule has 0 radical (unpaired) electrons. The van der Waals surface area contributed by atoms with Crippen molar-refractivity contribution in [3.8, 4) is 0 Å². The summed E-state index contributed by atoms with van der Waals surface area (Å²) in [5.74, 6) is 1.26. The Balaban J connectivity index is 2.23. The van der Waals surface area contributed by atoms with Gasteiger partial charge in [-0.1, -0.05) is 19.9 Å². The zero-order valence-corrected chi connectivity index (χ0v) is 14.0. The van der Waals surface area contributed by atoms with E-state index in [0.29, 0.717) is 16.3 Å². The van der Waals surface area contributed by atoms with Crippen molar-refractivity contribution in [2.45, 2.75) is 50.4 Å². The Kier molecular flexibility index (Phi) is 4.67. The fourth-order valence-electron chi connectivity index (χ4n) is 2.32. The van der Waals surface area contributed by atoms with Crippen molar-refractivity contribution < 1.29 is 4.79 Å². The zero-order chi connectivity index (χ0) is 14.2. The Morgan fingerprint density at radius 1 is 1.05 bits per heavy atom. The molecule has 104 valence electrons. The molecule has 1 aliphatic rings. The molecule has 19 heavy (non-hydrogen) atoms. The molecule has 1 aromatic rings. The molecule has 1 aliphatic heterocycles. The summed E-state index contributed by atoms with van der Waals surface area (Å²) in [6.45, 7) is 10.7. The predicted octanol–water partition coefficient (Wildman–Crippen LogP) is 4.42. The van der Waals surface area contributed by atoms with Gasteiger partial charge in [0.1, 0.15) is 0 Å². The summed E-state index contributed by atoms with van der Waals surface area (Å²) in [6, 6.07) is 4.20.